The number of hydrogen-bond donors (Lipinski definition) is 1. The first kappa shape index (κ1) is 53.8. The van der Waals surface area contributed by atoms with Crippen molar-refractivity contribution >= 4 is 19.8 Å². The van der Waals surface area contributed by atoms with Gasteiger partial charge in [-0.15, -0.1) is 0 Å². The van der Waals surface area contributed by atoms with Crippen LogP contribution < -0.4 is 0 Å². The van der Waals surface area contributed by atoms with E-state index in [1.807, 2.05) is 19.0 Å². The highest BCUT2D eigenvalue weighted by Gasteiger charge is 2.26. The van der Waals surface area contributed by atoms with Gasteiger partial charge in [0, 0.05) is 19.4 Å². The number of rotatable bonds is 43. The fraction of sp³-hybridized carbons (Fsp3) is 0.911. The summed E-state index contributed by atoms with van der Waals surface area (Å²) in [6.07, 6.45) is 41.1. The van der Waals surface area contributed by atoms with E-state index in [9.17, 15) is 19.0 Å². The molecule has 9 nitrogen and oxygen atoms in total. The van der Waals surface area contributed by atoms with Gasteiger partial charge in [-0.05, 0) is 52.6 Å². The van der Waals surface area contributed by atoms with E-state index < -0.39 is 26.5 Å². The maximum absolute atomic E-state index is 12.7. The van der Waals surface area contributed by atoms with Gasteiger partial charge < -0.3 is 19.3 Å². The summed E-state index contributed by atoms with van der Waals surface area (Å²) >= 11 is 0. The molecule has 0 aromatic heterocycles. The molecule has 0 aliphatic rings. The Labute approximate surface area is 339 Å². The smallest absolute Gasteiger partial charge is 0.462 e. The highest BCUT2D eigenvalue weighted by atomic mass is 31.2. The van der Waals surface area contributed by atoms with Crippen molar-refractivity contribution in [3.63, 3.8) is 0 Å². The van der Waals surface area contributed by atoms with Crippen LogP contribution in [0.3, 0.4) is 0 Å². The van der Waals surface area contributed by atoms with Gasteiger partial charge in [0.1, 0.15) is 6.61 Å². The number of allylic oxidation sites excluding steroid dienone is 2. The lowest BCUT2D eigenvalue weighted by molar-refractivity contribution is -0.161. The molecule has 0 spiro atoms. The molecule has 326 valence electrons. The Bertz CT molecular complexity index is 931. The van der Waals surface area contributed by atoms with Crippen LogP contribution in [-0.4, -0.2) is 68.3 Å². The lowest BCUT2D eigenvalue weighted by Gasteiger charge is -2.20. The molecule has 1 N–H and O–H groups in total. The minimum atomic E-state index is -4.36. The number of carbonyl (C=O) groups excluding carboxylic acids is 2. The van der Waals surface area contributed by atoms with Crippen LogP contribution in [0.25, 0.3) is 0 Å². The largest absolute Gasteiger partial charge is 0.472 e. The lowest BCUT2D eigenvalue weighted by Crippen LogP contribution is -2.29. The van der Waals surface area contributed by atoms with E-state index in [4.69, 9.17) is 18.5 Å². The third-order valence-electron chi connectivity index (χ3n) is 10.1. The van der Waals surface area contributed by atoms with E-state index in [-0.39, 0.29) is 32.0 Å². The number of phosphoric acid groups is 1. The van der Waals surface area contributed by atoms with Crippen LogP contribution in [0, 0.1) is 0 Å². The van der Waals surface area contributed by atoms with Crippen molar-refractivity contribution in [1.29, 1.82) is 0 Å². The van der Waals surface area contributed by atoms with Crippen molar-refractivity contribution in [1.82, 2.24) is 4.90 Å². The van der Waals surface area contributed by atoms with Gasteiger partial charge in [-0.3, -0.25) is 18.6 Å². The SMILES string of the molecule is CCCCCCCC/C=C\CCCCCCCC(=O)OCC(COP(=O)(O)OCCN(C)C)OC(=O)CCCCCCCCCCCCCCCCCCC. The van der Waals surface area contributed by atoms with Crippen LogP contribution >= 0.6 is 7.82 Å². The van der Waals surface area contributed by atoms with Gasteiger partial charge >= 0.3 is 19.8 Å². The third kappa shape index (κ3) is 42.2. The minimum Gasteiger partial charge on any atom is -0.462 e. The maximum Gasteiger partial charge on any atom is 0.472 e. The van der Waals surface area contributed by atoms with Gasteiger partial charge in [-0.25, -0.2) is 4.57 Å². The standard InChI is InChI=1S/C45H88NO8P/c1-5-7-9-11-13-15-17-19-21-22-24-26-28-30-32-34-36-38-45(48)54-43(42-53-55(49,50)52-40-39-46(3)4)41-51-44(47)37-35-33-31-29-27-25-23-20-18-16-14-12-10-8-6-2/h20,23,43H,5-19,21-22,24-42H2,1-4H3,(H,49,50)/b23-20-. The molecule has 0 rings (SSSR count). The Morgan fingerprint density at radius 1 is 0.545 bits per heavy atom. The molecule has 0 amide bonds. The minimum absolute atomic E-state index is 0.00941. The van der Waals surface area contributed by atoms with E-state index in [0.29, 0.717) is 13.0 Å². The van der Waals surface area contributed by atoms with E-state index in [1.54, 1.807) is 0 Å². The Morgan fingerprint density at radius 2 is 0.927 bits per heavy atom. The molecule has 0 fully saturated rings. The van der Waals surface area contributed by atoms with Crippen LogP contribution in [0.1, 0.15) is 219 Å². The lowest BCUT2D eigenvalue weighted by atomic mass is 10.0. The predicted molar refractivity (Wildman–Crippen MR) is 229 cm³/mol. The van der Waals surface area contributed by atoms with Gasteiger partial charge in [-0.2, -0.15) is 0 Å². The summed E-state index contributed by atoms with van der Waals surface area (Å²) in [4.78, 5) is 37.1. The topological polar surface area (TPSA) is 112 Å². The molecular formula is C45H88NO8P. The van der Waals surface area contributed by atoms with Crippen LogP contribution in [0.2, 0.25) is 0 Å². The Kier molecular flexibility index (Phi) is 40.0. The molecule has 0 aliphatic carbocycles. The van der Waals surface area contributed by atoms with Crippen molar-refractivity contribution in [2.24, 2.45) is 0 Å². The first-order valence-corrected chi connectivity index (χ1v) is 24.5. The van der Waals surface area contributed by atoms with Crippen molar-refractivity contribution in [3.05, 3.63) is 12.2 Å². The van der Waals surface area contributed by atoms with Gasteiger partial charge in [0.15, 0.2) is 6.10 Å². The molecule has 2 atom stereocenters. The second-order valence-corrected chi connectivity index (χ2v) is 17.4. The van der Waals surface area contributed by atoms with Crippen molar-refractivity contribution in [3.8, 4) is 0 Å². The van der Waals surface area contributed by atoms with Crippen molar-refractivity contribution < 1.29 is 37.6 Å². The molecule has 0 saturated heterocycles. The number of nitrogens with zero attached hydrogens (tertiary/aromatic N) is 1. The first-order valence-electron chi connectivity index (χ1n) is 23.0. The van der Waals surface area contributed by atoms with E-state index in [1.165, 1.54) is 135 Å². The zero-order valence-corrected chi connectivity index (χ0v) is 37.3. The number of likely N-dealkylation sites (N-methyl/N-ethyl adjacent to an activating group) is 1. The maximum atomic E-state index is 12.7. The van der Waals surface area contributed by atoms with Crippen LogP contribution in [0.15, 0.2) is 12.2 Å². The number of ether oxygens (including phenoxy) is 2. The zero-order valence-electron chi connectivity index (χ0n) is 36.4. The molecular weight excluding hydrogens is 713 g/mol. The average molecular weight is 802 g/mol. The van der Waals surface area contributed by atoms with Crippen LogP contribution in [-0.2, 0) is 32.7 Å². The summed E-state index contributed by atoms with van der Waals surface area (Å²) in [6, 6.07) is 0. The highest BCUT2D eigenvalue weighted by Crippen LogP contribution is 2.43. The monoisotopic (exact) mass is 802 g/mol. The quantitative estimate of drug-likeness (QED) is 0.0279. The summed E-state index contributed by atoms with van der Waals surface area (Å²) in [7, 11) is -0.705. The number of hydrogen-bond acceptors (Lipinski definition) is 8. The Balaban J connectivity index is 4.24. The molecule has 55 heavy (non-hydrogen) atoms. The second-order valence-electron chi connectivity index (χ2n) is 15.9. The summed E-state index contributed by atoms with van der Waals surface area (Å²) in [6.45, 7) is 4.34. The van der Waals surface area contributed by atoms with E-state index >= 15 is 0 Å². The Hall–Kier alpha value is -1.25. The zero-order chi connectivity index (χ0) is 40.5. The molecule has 0 bridgehead atoms. The molecule has 10 heteroatoms. The van der Waals surface area contributed by atoms with Gasteiger partial charge in [0.2, 0.25) is 0 Å². The molecule has 2 unspecified atom stereocenters. The fourth-order valence-corrected chi connectivity index (χ4v) is 7.25. The predicted octanol–water partition coefficient (Wildman–Crippen LogP) is 13.2. The van der Waals surface area contributed by atoms with Crippen molar-refractivity contribution in [2.45, 2.75) is 225 Å². The van der Waals surface area contributed by atoms with Crippen molar-refractivity contribution in [2.75, 3.05) is 40.5 Å². The normalized spacial score (nSPS) is 13.4. The average Bonchev–Trinajstić information content (AvgIpc) is 3.15. The number of carbonyl (C=O) groups is 2. The number of esters is 2. The van der Waals surface area contributed by atoms with Gasteiger partial charge in [0.25, 0.3) is 0 Å². The van der Waals surface area contributed by atoms with E-state index in [2.05, 4.69) is 26.0 Å². The van der Waals surface area contributed by atoms with Crippen LogP contribution in [0.5, 0.6) is 0 Å². The number of phosphoric ester groups is 1. The Morgan fingerprint density at radius 3 is 1.35 bits per heavy atom. The molecule has 0 heterocycles. The third-order valence-corrected chi connectivity index (χ3v) is 11.1. The molecule has 0 aromatic rings. The van der Waals surface area contributed by atoms with E-state index in [0.717, 1.165) is 51.4 Å². The highest BCUT2D eigenvalue weighted by molar-refractivity contribution is 7.47. The molecule has 0 aromatic carbocycles. The fourth-order valence-electron chi connectivity index (χ4n) is 6.51. The second kappa shape index (κ2) is 40.9. The number of unbranched alkanes of at least 4 members (excludes halogenated alkanes) is 27. The summed E-state index contributed by atoms with van der Waals surface area (Å²) in [5.74, 6) is -0.801. The van der Waals surface area contributed by atoms with Gasteiger partial charge in [-0.1, -0.05) is 180 Å². The summed E-state index contributed by atoms with van der Waals surface area (Å²) in [5, 5.41) is 0. The molecule has 0 aliphatic heterocycles. The molecule has 0 radical (unpaired) electrons. The summed E-state index contributed by atoms with van der Waals surface area (Å²) in [5.41, 5.74) is 0. The first-order chi connectivity index (χ1) is 26.7. The van der Waals surface area contributed by atoms with Gasteiger partial charge in [0.05, 0.1) is 13.2 Å². The summed E-state index contributed by atoms with van der Waals surface area (Å²) < 4.78 is 33.5. The molecule has 0 saturated carbocycles. The van der Waals surface area contributed by atoms with Crippen LogP contribution in [0.4, 0.5) is 0 Å².